The third-order valence-electron chi connectivity index (χ3n) is 4.94. The van der Waals surface area contributed by atoms with Crippen molar-refractivity contribution in [3.8, 4) is 11.5 Å². The lowest BCUT2D eigenvalue weighted by Gasteiger charge is -2.09. The Balaban J connectivity index is 2.09. The number of aryl methyl sites for hydroxylation is 1. The second-order valence-corrected chi connectivity index (χ2v) is 7.37. The molecule has 0 aliphatic heterocycles. The molecule has 0 N–H and O–H groups in total. The zero-order valence-electron chi connectivity index (χ0n) is 17.7. The third kappa shape index (κ3) is 5.29. The largest absolute Gasteiger partial charge is 0.493 e. The molecule has 1 heterocycles. The topological polar surface area (TPSA) is 23.4 Å². The molecule has 0 radical (unpaired) electrons. The van der Waals surface area contributed by atoms with Gasteiger partial charge in [0.05, 0.1) is 19.7 Å². The fourth-order valence-corrected chi connectivity index (χ4v) is 3.31. The molecule has 2 aromatic rings. The van der Waals surface area contributed by atoms with E-state index in [1.165, 1.54) is 11.1 Å². The van der Waals surface area contributed by atoms with Crippen LogP contribution in [-0.2, 0) is 7.05 Å². The molecule has 0 spiro atoms. The number of fused-ring (bicyclic) bond motifs is 1. The van der Waals surface area contributed by atoms with Gasteiger partial charge in [-0.3, -0.25) is 0 Å². The van der Waals surface area contributed by atoms with Crippen LogP contribution in [-0.4, -0.2) is 18.8 Å². The smallest absolute Gasteiger partial charge is 0.162 e. The molecule has 3 heteroatoms. The van der Waals surface area contributed by atoms with Crippen LogP contribution in [0.4, 0.5) is 0 Å². The highest BCUT2D eigenvalue weighted by atomic mass is 16.5. The van der Waals surface area contributed by atoms with Crippen LogP contribution in [0.1, 0.15) is 52.1 Å². The Bertz CT molecular complexity index is 864. The summed E-state index contributed by atoms with van der Waals surface area (Å²) in [6.07, 6.45) is 8.88. The number of aromatic nitrogens is 1. The number of hydrogen-bond acceptors (Lipinski definition) is 2. The van der Waals surface area contributed by atoms with Crippen LogP contribution in [0.5, 0.6) is 11.5 Å². The summed E-state index contributed by atoms with van der Waals surface area (Å²) in [5.74, 6) is 1.50. The molecule has 1 aromatic carbocycles. The summed E-state index contributed by atoms with van der Waals surface area (Å²) < 4.78 is 13.0. The molecule has 0 unspecified atom stereocenters. The second-order valence-electron chi connectivity index (χ2n) is 7.37. The number of hydrogen-bond donors (Lipinski definition) is 0. The Hall–Kier alpha value is -2.42. The van der Waals surface area contributed by atoms with Gasteiger partial charge in [0, 0.05) is 24.2 Å². The van der Waals surface area contributed by atoms with E-state index in [-0.39, 0.29) is 0 Å². The maximum Gasteiger partial charge on any atom is 0.162 e. The Morgan fingerprint density at radius 2 is 1.59 bits per heavy atom. The average Bonchev–Trinajstić information content (AvgIpc) is 2.96. The van der Waals surface area contributed by atoms with E-state index in [4.69, 9.17) is 9.47 Å². The first kappa shape index (κ1) is 20.9. The summed E-state index contributed by atoms with van der Waals surface area (Å²) in [7, 11) is 5.41. The van der Waals surface area contributed by atoms with Gasteiger partial charge in [-0.15, -0.1) is 0 Å². The van der Waals surface area contributed by atoms with Gasteiger partial charge < -0.3 is 14.0 Å². The van der Waals surface area contributed by atoms with E-state index in [2.05, 4.69) is 57.2 Å². The molecule has 0 saturated heterocycles. The number of ether oxygens (including phenoxy) is 2. The minimum absolute atomic E-state index is 0.748. The Morgan fingerprint density at radius 1 is 0.963 bits per heavy atom. The second kappa shape index (κ2) is 9.50. The molecule has 0 fully saturated rings. The van der Waals surface area contributed by atoms with Crippen molar-refractivity contribution in [2.24, 2.45) is 7.05 Å². The predicted molar refractivity (Wildman–Crippen MR) is 117 cm³/mol. The number of methoxy groups -OCH3 is 2. The number of rotatable bonds is 9. The van der Waals surface area contributed by atoms with Crippen molar-refractivity contribution in [2.75, 3.05) is 14.2 Å². The van der Waals surface area contributed by atoms with Gasteiger partial charge in [-0.05, 0) is 64.2 Å². The van der Waals surface area contributed by atoms with Crippen LogP contribution in [0.3, 0.4) is 0 Å². The summed E-state index contributed by atoms with van der Waals surface area (Å²) in [4.78, 5) is 0. The van der Waals surface area contributed by atoms with Gasteiger partial charge in [-0.2, -0.15) is 0 Å². The Labute approximate surface area is 164 Å². The zero-order valence-corrected chi connectivity index (χ0v) is 17.7. The lowest BCUT2D eigenvalue weighted by molar-refractivity contribution is 0.355. The van der Waals surface area contributed by atoms with Crippen LogP contribution >= 0.6 is 0 Å². The highest BCUT2D eigenvalue weighted by molar-refractivity contribution is 5.88. The van der Waals surface area contributed by atoms with Crippen molar-refractivity contribution < 1.29 is 9.47 Å². The van der Waals surface area contributed by atoms with E-state index in [0.717, 1.165) is 59.4 Å². The fraction of sp³-hybridized carbons (Fsp3) is 0.417. The molecule has 1 aromatic heterocycles. The minimum Gasteiger partial charge on any atom is -0.493 e. The quantitative estimate of drug-likeness (QED) is 0.461. The van der Waals surface area contributed by atoms with Crippen molar-refractivity contribution in [2.45, 2.75) is 46.5 Å². The molecule has 0 bridgehead atoms. The SMILES string of the molecule is C=C(CC/C=C(\C)CCC=C(C)C)c1cc2cc(OC)c(OC)cc2n1C. The Kier molecular flexibility index (Phi) is 7.35. The Morgan fingerprint density at radius 3 is 2.22 bits per heavy atom. The highest BCUT2D eigenvalue weighted by Crippen LogP contribution is 2.35. The normalized spacial score (nSPS) is 11.6. The summed E-state index contributed by atoms with van der Waals surface area (Å²) in [6.45, 7) is 10.8. The van der Waals surface area contributed by atoms with Gasteiger partial charge in [0.15, 0.2) is 11.5 Å². The number of nitrogens with zero attached hydrogens (tertiary/aromatic N) is 1. The van der Waals surface area contributed by atoms with E-state index in [0.29, 0.717) is 0 Å². The summed E-state index contributed by atoms with van der Waals surface area (Å²) in [5, 5.41) is 1.14. The third-order valence-corrected chi connectivity index (χ3v) is 4.94. The van der Waals surface area contributed by atoms with Crippen molar-refractivity contribution in [1.29, 1.82) is 0 Å². The van der Waals surface area contributed by atoms with Crippen LogP contribution in [0.2, 0.25) is 0 Å². The molecule has 0 amide bonds. The molecular formula is C24H33NO2. The van der Waals surface area contributed by atoms with E-state index in [1.807, 2.05) is 12.1 Å². The summed E-state index contributed by atoms with van der Waals surface area (Å²) in [6, 6.07) is 6.24. The molecular weight excluding hydrogens is 334 g/mol. The van der Waals surface area contributed by atoms with E-state index in [1.54, 1.807) is 14.2 Å². The van der Waals surface area contributed by atoms with Gasteiger partial charge in [0.2, 0.25) is 0 Å². The average molecular weight is 368 g/mol. The van der Waals surface area contributed by atoms with Gasteiger partial charge >= 0.3 is 0 Å². The van der Waals surface area contributed by atoms with Crippen LogP contribution in [0, 0.1) is 0 Å². The molecule has 0 saturated carbocycles. The first-order chi connectivity index (χ1) is 12.9. The maximum absolute atomic E-state index is 5.43. The maximum atomic E-state index is 5.43. The lowest BCUT2D eigenvalue weighted by atomic mass is 10.0. The number of allylic oxidation sites excluding steroid dienone is 5. The van der Waals surface area contributed by atoms with E-state index >= 15 is 0 Å². The van der Waals surface area contributed by atoms with Crippen molar-refractivity contribution in [3.63, 3.8) is 0 Å². The van der Waals surface area contributed by atoms with Crippen molar-refractivity contribution in [3.05, 3.63) is 53.8 Å². The highest BCUT2D eigenvalue weighted by Gasteiger charge is 2.13. The standard InChI is InChI=1S/C24H33NO2/c1-17(2)10-8-11-18(3)12-9-13-19(4)21-14-20-15-23(26-6)24(27-7)16-22(20)25(21)5/h10,12,14-16H,4,8-9,11,13H2,1-3,5-7H3/b18-12+. The van der Waals surface area contributed by atoms with Crippen LogP contribution in [0.25, 0.3) is 16.5 Å². The van der Waals surface area contributed by atoms with Crippen molar-refractivity contribution in [1.82, 2.24) is 4.57 Å². The van der Waals surface area contributed by atoms with Gasteiger partial charge in [0.25, 0.3) is 0 Å². The minimum atomic E-state index is 0.748. The lowest BCUT2D eigenvalue weighted by Crippen LogP contribution is -1.96. The molecule has 146 valence electrons. The molecule has 0 aliphatic carbocycles. The molecule has 2 rings (SSSR count). The zero-order chi connectivity index (χ0) is 20.0. The first-order valence-electron chi connectivity index (χ1n) is 9.56. The van der Waals surface area contributed by atoms with E-state index in [9.17, 15) is 0 Å². The monoisotopic (exact) mass is 367 g/mol. The predicted octanol–water partition coefficient (Wildman–Crippen LogP) is 6.68. The van der Waals surface area contributed by atoms with Gasteiger partial charge in [-0.25, -0.2) is 0 Å². The summed E-state index contributed by atoms with van der Waals surface area (Å²) in [5.41, 5.74) is 6.28. The van der Waals surface area contributed by atoms with Gasteiger partial charge in [0.1, 0.15) is 0 Å². The van der Waals surface area contributed by atoms with Crippen LogP contribution in [0.15, 0.2) is 48.1 Å². The molecule has 0 atom stereocenters. The van der Waals surface area contributed by atoms with E-state index < -0.39 is 0 Å². The fourth-order valence-electron chi connectivity index (χ4n) is 3.31. The van der Waals surface area contributed by atoms with Gasteiger partial charge in [-0.1, -0.05) is 29.9 Å². The van der Waals surface area contributed by atoms with Crippen LogP contribution < -0.4 is 9.47 Å². The summed E-state index contributed by atoms with van der Waals surface area (Å²) >= 11 is 0. The molecule has 0 aliphatic rings. The first-order valence-corrected chi connectivity index (χ1v) is 9.56. The number of benzene rings is 1. The van der Waals surface area contributed by atoms with Crippen molar-refractivity contribution >= 4 is 16.5 Å². The molecule has 3 nitrogen and oxygen atoms in total. The molecule has 27 heavy (non-hydrogen) atoms.